The van der Waals surface area contributed by atoms with Gasteiger partial charge in [0.1, 0.15) is 17.4 Å². The van der Waals surface area contributed by atoms with E-state index in [1.807, 2.05) is 26.0 Å². The lowest BCUT2D eigenvalue weighted by molar-refractivity contribution is 0.0946. The van der Waals surface area contributed by atoms with E-state index in [0.717, 1.165) is 17.7 Å². The molecule has 0 fully saturated rings. The molecule has 0 bridgehead atoms. The summed E-state index contributed by atoms with van der Waals surface area (Å²) in [4.78, 5) is 28.9. The summed E-state index contributed by atoms with van der Waals surface area (Å²) in [5.41, 5.74) is 0.996. The van der Waals surface area contributed by atoms with Crippen molar-refractivity contribution >= 4 is 17.5 Å². The predicted molar refractivity (Wildman–Crippen MR) is 117 cm³/mol. The number of nitrogens with zero attached hydrogens (tertiary/aromatic N) is 1. The maximum Gasteiger partial charge on any atom is 0.255 e. The van der Waals surface area contributed by atoms with Crippen molar-refractivity contribution in [3.8, 4) is 5.75 Å². The number of aromatic hydroxyl groups is 1. The second kappa shape index (κ2) is 10.00. The second-order valence-electron chi connectivity index (χ2n) is 7.69. The summed E-state index contributed by atoms with van der Waals surface area (Å²) >= 11 is 0. The first-order chi connectivity index (χ1) is 15.2. The molecule has 3 N–H and O–H groups in total. The van der Waals surface area contributed by atoms with Gasteiger partial charge in [-0.15, -0.1) is 0 Å². The van der Waals surface area contributed by atoms with Gasteiger partial charge in [0.05, 0.1) is 5.56 Å². The van der Waals surface area contributed by atoms with Crippen LogP contribution in [0.15, 0.2) is 60.9 Å². The molecule has 32 heavy (non-hydrogen) atoms. The number of anilines is 1. The summed E-state index contributed by atoms with van der Waals surface area (Å²) in [6.45, 7) is 4.44. The first kappa shape index (κ1) is 22.9. The summed E-state index contributed by atoms with van der Waals surface area (Å²) in [6.07, 6.45) is 3.44. The number of phenolic OH excluding ortho intramolecular Hbond substituents is 1. The van der Waals surface area contributed by atoms with Gasteiger partial charge in [0.2, 0.25) is 0 Å². The van der Waals surface area contributed by atoms with Crippen LogP contribution in [0.5, 0.6) is 5.75 Å². The number of aromatic nitrogens is 1. The molecule has 0 unspecified atom stereocenters. The topological polar surface area (TPSA) is 91.3 Å². The Morgan fingerprint density at radius 2 is 1.75 bits per heavy atom. The molecule has 1 atom stereocenters. The van der Waals surface area contributed by atoms with E-state index in [0.29, 0.717) is 12.6 Å². The highest BCUT2D eigenvalue weighted by molar-refractivity contribution is 6.05. The summed E-state index contributed by atoms with van der Waals surface area (Å²) in [5.74, 6) is -3.03. The number of pyridine rings is 1. The van der Waals surface area contributed by atoms with Crippen molar-refractivity contribution in [1.82, 2.24) is 10.3 Å². The minimum absolute atomic E-state index is 0.0356. The Balaban J connectivity index is 1.67. The zero-order valence-corrected chi connectivity index (χ0v) is 17.6. The first-order valence-corrected chi connectivity index (χ1v) is 10.0. The van der Waals surface area contributed by atoms with Crippen LogP contribution < -0.4 is 10.6 Å². The zero-order valence-electron chi connectivity index (χ0n) is 17.6. The molecule has 166 valence electrons. The maximum atomic E-state index is 13.3. The van der Waals surface area contributed by atoms with Crippen LogP contribution >= 0.6 is 0 Å². The third-order valence-electron chi connectivity index (χ3n) is 5.02. The lowest BCUT2D eigenvalue weighted by Gasteiger charge is -2.21. The molecule has 0 aliphatic carbocycles. The molecular weight excluding hydrogens is 416 g/mol. The molecule has 1 heterocycles. The van der Waals surface area contributed by atoms with Gasteiger partial charge in [-0.25, -0.2) is 8.78 Å². The van der Waals surface area contributed by atoms with Gasteiger partial charge in [-0.3, -0.25) is 14.6 Å². The van der Waals surface area contributed by atoms with Gasteiger partial charge < -0.3 is 15.7 Å². The van der Waals surface area contributed by atoms with Crippen LogP contribution in [0.4, 0.5) is 14.5 Å². The lowest BCUT2D eigenvalue weighted by atomic mass is 9.89. The molecule has 3 aromatic rings. The van der Waals surface area contributed by atoms with Crippen LogP contribution in [0.1, 0.15) is 46.0 Å². The van der Waals surface area contributed by atoms with E-state index in [-0.39, 0.29) is 34.4 Å². The van der Waals surface area contributed by atoms with Gasteiger partial charge in [0.15, 0.2) is 0 Å². The molecule has 2 amide bonds. The standard InChI is InChI=1S/C24H23F2N3O3/c1-14(2)21(15-4-3-7-27-12-15)13-28-24(32)20-6-5-19(11-22(20)30)29-23(31)16-8-17(25)10-18(26)9-16/h3-12,14,21,30H,13H2,1-2H3,(H,28,32)(H,29,31)/t21-/m0/s1. The second-order valence-corrected chi connectivity index (χ2v) is 7.69. The van der Waals surface area contributed by atoms with Gasteiger partial charge >= 0.3 is 0 Å². The minimum Gasteiger partial charge on any atom is -0.507 e. The monoisotopic (exact) mass is 439 g/mol. The van der Waals surface area contributed by atoms with Crippen molar-refractivity contribution in [2.45, 2.75) is 19.8 Å². The van der Waals surface area contributed by atoms with E-state index in [9.17, 15) is 23.5 Å². The Morgan fingerprint density at radius 3 is 2.34 bits per heavy atom. The number of phenols is 1. The fraction of sp³-hybridized carbons (Fsp3) is 0.208. The van der Waals surface area contributed by atoms with Gasteiger partial charge in [-0.2, -0.15) is 0 Å². The predicted octanol–water partition coefficient (Wildman–Crippen LogP) is 4.49. The number of carbonyl (C=O) groups is 2. The molecule has 0 saturated carbocycles. The fourth-order valence-electron chi connectivity index (χ4n) is 3.32. The number of halogens is 2. The summed E-state index contributed by atoms with van der Waals surface area (Å²) in [5, 5.41) is 15.5. The summed E-state index contributed by atoms with van der Waals surface area (Å²) < 4.78 is 26.6. The highest BCUT2D eigenvalue weighted by Gasteiger charge is 2.19. The van der Waals surface area contributed by atoms with Crippen LogP contribution in [-0.4, -0.2) is 28.4 Å². The number of rotatable bonds is 7. The quantitative estimate of drug-likeness (QED) is 0.506. The number of amides is 2. The van der Waals surface area contributed by atoms with Crippen molar-refractivity contribution in [2.24, 2.45) is 5.92 Å². The van der Waals surface area contributed by atoms with Crippen LogP contribution in [0.25, 0.3) is 0 Å². The number of hydrogen-bond donors (Lipinski definition) is 3. The van der Waals surface area contributed by atoms with E-state index in [1.165, 1.54) is 18.2 Å². The van der Waals surface area contributed by atoms with Crippen LogP contribution in [0.3, 0.4) is 0 Å². The smallest absolute Gasteiger partial charge is 0.255 e. The molecule has 2 aromatic carbocycles. The third kappa shape index (κ3) is 5.66. The summed E-state index contributed by atoms with van der Waals surface area (Å²) in [7, 11) is 0. The van der Waals surface area contributed by atoms with Crippen LogP contribution in [0.2, 0.25) is 0 Å². The highest BCUT2D eigenvalue weighted by Crippen LogP contribution is 2.25. The molecule has 8 heteroatoms. The molecule has 0 aliphatic heterocycles. The molecule has 0 saturated heterocycles. The number of hydrogen-bond acceptors (Lipinski definition) is 4. The van der Waals surface area contributed by atoms with E-state index in [4.69, 9.17) is 0 Å². The van der Waals surface area contributed by atoms with E-state index < -0.39 is 23.4 Å². The maximum absolute atomic E-state index is 13.3. The molecule has 0 spiro atoms. The molecule has 3 rings (SSSR count). The Bertz CT molecular complexity index is 1100. The largest absolute Gasteiger partial charge is 0.507 e. The fourth-order valence-corrected chi connectivity index (χ4v) is 3.32. The van der Waals surface area contributed by atoms with E-state index in [1.54, 1.807) is 12.4 Å². The van der Waals surface area contributed by atoms with Gasteiger partial charge in [-0.1, -0.05) is 19.9 Å². The van der Waals surface area contributed by atoms with E-state index in [2.05, 4.69) is 15.6 Å². The van der Waals surface area contributed by atoms with Crippen LogP contribution in [-0.2, 0) is 0 Å². The molecule has 6 nitrogen and oxygen atoms in total. The third-order valence-corrected chi connectivity index (χ3v) is 5.02. The van der Waals surface area contributed by atoms with Crippen molar-refractivity contribution < 1.29 is 23.5 Å². The SMILES string of the molecule is CC(C)[C@H](CNC(=O)c1ccc(NC(=O)c2cc(F)cc(F)c2)cc1O)c1cccnc1. The van der Waals surface area contributed by atoms with Gasteiger partial charge in [0.25, 0.3) is 11.8 Å². The molecule has 0 aliphatic rings. The number of nitrogens with one attached hydrogen (secondary N) is 2. The number of benzene rings is 2. The minimum atomic E-state index is -0.879. The van der Waals surface area contributed by atoms with Crippen LogP contribution in [0, 0.1) is 17.6 Å². The zero-order chi connectivity index (χ0) is 23.3. The van der Waals surface area contributed by atoms with Gasteiger partial charge in [0, 0.05) is 48.2 Å². The van der Waals surface area contributed by atoms with Crippen molar-refractivity contribution in [3.63, 3.8) is 0 Å². The van der Waals surface area contributed by atoms with Crippen molar-refractivity contribution in [1.29, 1.82) is 0 Å². The summed E-state index contributed by atoms with van der Waals surface area (Å²) in [6, 6.07) is 10.2. The molecule has 0 radical (unpaired) electrons. The average Bonchev–Trinajstić information content (AvgIpc) is 2.73. The van der Waals surface area contributed by atoms with Gasteiger partial charge in [-0.05, 0) is 41.8 Å². The Kier molecular flexibility index (Phi) is 7.14. The normalized spacial score (nSPS) is 11.8. The number of carbonyl (C=O) groups excluding carboxylic acids is 2. The Hall–Kier alpha value is -3.81. The van der Waals surface area contributed by atoms with Crippen molar-refractivity contribution in [3.05, 3.63) is 89.2 Å². The average molecular weight is 439 g/mol. The Morgan fingerprint density at radius 1 is 1.03 bits per heavy atom. The highest BCUT2D eigenvalue weighted by atomic mass is 19.1. The van der Waals surface area contributed by atoms with E-state index >= 15 is 0 Å². The molecule has 1 aromatic heterocycles. The Labute approximate surface area is 184 Å². The lowest BCUT2D eigenvalue weighted by Crippen LogP contribution is -2.30. The van der Waals surface area contributed by atoms with Crippen molar-refractivity contribution in [2.75, 3.05) is 11.9 Å². The first-order valence-electron chi connectivity index (χ1n) is 10.0. The molecular formula is C24H23F2N3O3.